The third-order valence-corrected chi connectivity index (χ3v) is 6.06. The first-order valence-electron chi connectivity index (χ1n) is 6.82. The average Bonchev–Trinajstić information content (AvgIpc) is 2.93. The van der Waals surface area contributed by atoms with Crippen LogP contribution in [0.5, 0.6) is 0 Å². The van der Waals surface area contributed by atoms with Gasteiger partial charge in [-0.2, -0.15) is 0 Å². The summed E-state index contributed by atoms with van der Waals surface area (Å²) in [5.74, 6) is 0.477. The summed E-state index contributed by atoms with van der Waals surface area (Å²) in [6, 6.07) is 6.85. The monoisotopic (exact) mass is 361 g/mol. The fourth-order valence-electron chi connectivity index (χ4n) is 2.68. The van der Waals surface area contributed by atoms with Crippen molar-refractivity contribution < 1.29 is 13.5 Å². The topological polar surface area (TPSA) is 66.4 Å². The predicted molar refractivity (Wildman–Crippen MR) is 82.2 cm³/mol. The van der Waals surface area contributed by atoms with Gasteiger partial charge in [0.15, 0.2) is 0 Å². The Kier molecular flexibility index (Phi) is 5.60. The standard InChI is InChI=1S/C14H20BrNO3S/c15-8-11-4-6-14(7-5-11)20(18,19)16-9-12-2-1-3-13(12)10-17/h4-7,12-13,16-17H,1-3,8-10H2. The first kappa shape index (κ1) is 15.9. The van der Waals surface area contributed by atoms with Crippen LogP contribution in [0.2, 0.25) is 0 Å². The second-order valence-electron chi connectivity index (χ2n) is 5.26. The molecule has 1 saturated carbocycles. The number of alkyl halides is 1. The van der Waals surface area contributed by atoms with Crippen molar-refractivity contribution in [1.82, 2.24) is 4.72 Å². The van der Waals surface area contributed by atoms with E-state index in [9.17, 15) is 13.5 Å². The summed E-state index contributed by atoms with van der Waals surface area (Å²) in [5.41, 5.74) is 1.04. The van der Waals surface area contributed by atoms with Crippen molar-refractivity contribution in [2.24, 2.45) is 11.8 Å². The van der Waals surface area contributed by atoms with Gasteiger partial charge in [-0.3, -0.25) is 0 Å². The highest BCUT2D eigenvalue weighted by Gasteiger charge is 2.27. The van der Waals surface area contributed by atoms with Crippen LogP contribution < -0.4 is 4.72 Å². The van der Waals surface area contributed by atoms with Gasteiger partial charge < -0.3 is 5.11 Å². The van der Waals surface area contributed by atoms with Crippen LogP contribution in [0.3, 0.4) is 0 Å². The van der Waals surface area contributed by atoms with Crippen molar-refractivity contribution in [3.05, 3.63) is 29.8 Å². The largest absolute Gasteiger partial charge is 0.396 e. The van der Waals surface area contributed by atoms with E-state index in [4.69, 9.17) is 0 Å². The summed E-state index contributed by atoms with van der Waals surface area (Å²) in [6.07, 6.45) is 3.04. The minimum absolute atomic E-state index is 0.145. The maximum absolute atomic E-state index is 12.2. The zero-order valence-electron chi connectivity index (χ0n) is 11.3. The second kappa shape index (κ2) is 7.02. The molecule has 2 unspecified atom stereocenters. The lowest BCUT2D eigenvalue weighted by Crippen LogP contribution is -2.31. The molecule has 1 aliphatic rings. The summed E-state index contributed by atoms with van der Waals surface area (Å²) in [4.78, 5) is 0.292. The van der Waals surface area contributed by atoms with Crippen LogP contribution >= 0.6 is 15.9 Å². The highest BCUT2D eigenvalue weighted by atomic mass is 79.9. The van der Waals surface area contributed by atoms with E-state index in [2.05, 4.69) is 20.7 Å². The number of hydrogen-bond donors (Lipinski definition) is 2. The average molecular weight is 362 g/mol. The van der Waals surface area contributed by atoms with Crippen LogP contribution in [-0.4, -0.2) is 26.7 Å². The number of aliphatic hydroxyl groups is 1. The molecule has 0 spiro atoms. The molecule has 0 saturated heterocycles. The SMILES string of the molecule is O=S(=O)(NCC1CCCC1CO)c1ccc(CBr)cc1. The fourth-order valence-corrected chi connectivity index (χ4v) is 4.15. The van der Waals surface area contributed by atoms with E-state index in [-0.39, 0.29) is 18.4 Å². The second-order valence-corrected chi connectivity index (χ2v) is 7.59. The molecule has 112 valence electrons. The molecule has 1 aromatic rings. The molecule has 0 bridgehead atoms. The van der Waals surface area contributed by atoms with Crippen LogP contribution in [0.1, 0.15) is 24.8 Å². The molecule has 1 fully saturated rings. The summed E-state index contributed by atoms with van der Waals surface area (Å²) < 4.78 is 27.1. The molecule has 2 atom stereocenters. The molecule has 1 aromatic carbocycles. The van der Waals surface area contributed by atoms with Crippen LogP contribution in [0.4, 0.5) is 0 Å². The number of aliphatic hydroxyl groups excluding tert-OH is 1. The molecule has 6 heteroatoms. The van der Waals surface area contributed by atoms with Crippen LogP contribution in [0.15, 0.2) is 29.2 Å². The lowest BCUT2D eigenvalue weighted by Gasteiger charge is -2.17. The molecule has 0 amide bonds. The van der Waals surface area contributed by atoms with Crippen LogP contribution in [-0.2, 0) is 15.4 Å². The first-order chi connectivity index (χ1) is 9.56. The van der Waals surface area contributed by atoms with Gasteiger partial charge in [-0.15, -0.1) is 0 Å². The van der Waals surface area contributed by atoms with Gasteiger partial charge in [-0.25, -0.2) is 13.1 Å². The van der Waals surface area contributed by atoms with Crippen molar-refractivity contribution in [3.8, 4) is 0 Å². The maximum Gasteiger partial charge on any atom is 0.240 e. The maximum atomic E-state index is 12.2. The third-order valence-electron chi connectivity index (χ3n) is 3.97. The number of rotatable bonds is 6. The molecule has 2 rings (SSSR count). The Morgan fingerprint density at radius 2 is 1.85 bits per heavy atom. The molecule has 0 radical (unpaired) electrons. The Morgan fingerprint density at radius 1 is 1.20 bits per heavy atom. The fraction of sp³-hybridized carbons (Fsp3) is 0.571. The lowest BCUT2D eigenvalue weighted by molar-refractivity contribution is 0.195. The van der Waals surface area contributed by atoms with E-state index < -0.39 is 10.0 Å². The van der Waals surface area contributed by atoms with Gasteiger partial charge in [0.1, 0.15) is 0 Å². The molecule has 0 heterocycles. The Labute approximate surface area is 128 Å². The highest BCUT2D eigenvalue weighted by Crippen LogP contribution is 2.30. The van der Waals surface area contributed by atoms with E-state index in [1.807, 2.05) is 0 Å². The van der Waals surface area contributed by atoms with Crippen molar-refractivity contribution in [2.75, 3.05) is 13.2 Å². The minimum Gasteiger partial charge on any atom is -0.396 e. The molecule has 20 heavy (non-hydrogen) atoms. The molecular weight excluding hydrogens is 342 g/mol. The summed E-state index contributed by atoms with van der Waals surface area (Å²) in [6.45, 7) is 0.556. The first-order valence-corrected chi connectivity index (χ1v) is 9.42. The molecule has 4 nitrogen and oxygen atoms in total. The zero-order valence-corrected chi connectivity index (χ0v) is 13.7. The van der Waals surface area contributed by atoms with E-state index >= 15 is 0 Å². The number of hydrogen-bond acceptors (Lipinski definition) is 3. The highest BCUT2D eigenvalue weighted by molar-refractivity contribution is 9.08. The van der Waals surface area contributed by atoms with Crippen LogP contribution in [0.25, 0.3) is 0 Å². The normalized spacial score (nSPS) is 23.1. The summed E-state index contributed by atoms with van der Waals surface area (Å²) in [7, 11) is -3.45. The van der Waals surface area contributed by atoms with E-state index in [0.717, 1.165) is 24.8 Å². The zero-order chi connectivity index (χ0) is 14.6. The Balaban J connectivity index is 1.99. The molecule has 1 aliphatic carbocycles. The lowest BCUT2D eigenvalue weighted by atomic mass is 9.97. The molecule has 2 N–H and O–H groups in total. The molecule has 0 aliphatic heterocycles. The smallest absolute Gasteiger partial charge is 0.240 e. The van der Waals surface area contributed by atoms with Gasteiger partial charge >= 0.3 is 0 Å². The van der Waals surface area contributed by atoms with Crippen molar-refractivity contribution >= 4 is 26.0 Å². The Bertz CT molecular complexity index is 530. The summed E-state index contributed by atoms with van der Waals surface area (Å²) in [5, 5.41) is 9.97. The van der Waals surface area contributed by atoms with E-state index in [0.29, 0.717) is 16.8 Å². The number of benzene rings is 1. The van der Waals surface area contributed by atoms with Gasteiger partial charge in [0.05, 0.1) is 4.90 Å². The number of halogens is 1. The summed E-state index contributed by atoms with van der Waals surface area (Å²) >= 11 is 3.33. The quantitative estimate of drug-likeness (QED) is 0.763. The van der Waals surface area contributed by atoms with Gasteiger partial charge in [0, 0.05) is 18.5 Å². The van der Waals surface area contributed by atoms with Gasteiger partial charge in [-0.1, -0.05) is 34.5 Å². The van der Waals surface area contributed by atoms with E-state index in [1.54, 1.807) is 24.3 Å². The van der Waals surface area contributed by atoms with E-state index in [1.165, 1.54) is 0 Å². The predicted octanol–water partition coefficient (Wildman–Crippen LogP) is 2.27. The third kappa shape index (κ3) is 3.81. The van der Waals surface area contributed by atoms with Crippen molar-refractivity contribution in [3.63, 3.8) is 0 Å². The van der Waals surface area contributed by atoms with Gasteiger partial charge in [-0.05, 0) is 42.4 Å². The minimum atomic E-state index is -3.45. The number of sulfonamides is 1. The number of nitrogens with one attached hydrogen (secondary N) is 1. The van der Waals surface area contributed by atoms with Gasteiger partial charge in [0.2, 0.25) is 10.0 Å². The Morgan fingerprint density at radius 3 is 2.45 bits per heavy atom. The molecule has 0 aromatic heterocycles. The van der Waals surface area contributed by atoms with Crippen molar-refractivity contribution in [1.29, 1.82) is 0 Å². The van der Waals surface area contributed by atoms with Crippen molar-refractivity contribution in [2.45, 2.75) is 29.5 Å². The van der Waals surface area contributed by atoms with Crippen LogP contribution in [0, 0.1) is 11.8 Å². The Hall–Kier alpha value is -0.430. The molecular formula is C14H20BrNO3S. The van der Waals surface area contributed by atoms with Gasteiger partial charge in [0.25, 0.3) is 0 Å².